The summed E-state index contributed by atoms with van der Waals surface area (Å²) in [5.74, 6) is -0.331. The van der Waals surface area contributed by atoms with Crippen LogP contribution in [0, 0.1) is 0 Å². The average Bonchev–Trinajstić information content (AvgIpc) is 3.05. The van der Waals surface area contributed by atoms with Crippen LogP contribution in [0.25, 0.3) is 11.0 Å². The van der Waals surface area contributed by atoms with Crippen LogP contribution in [0.1, 0.15) is 13.8 Å². The molecule has 2 aromatic rings. The molecule has 160 valence electrons. The van der Waals surface area contributed by atoms with Gasteiger partial charge >= 0.3 is 0 Å². The first-order valence-electron chi connectivity index (χ1n) is 9.43. The van der Waals surface area contributed by atoms with Gasteiger partial charge in [-0.15, -0.1) is 0 Å². The van der Waals surface area contributed by atoms with Gasteiger partial charge in [-0.05, 0) is 13.8 Å². The molecule has 0 radical (unpaired) electrons. The number of hydrogen-bond donors (Lipinski definition) is 0. The van der Waals surface area contributed by atoms with Gasteiger partial charge in [0.05, 0.1) is 24.7 Å². The van der Waals surface area contributed by atoms with E-state index >= 15 is 0 Å². The maximum atomic E-state index is 12.6. The number of amides is 1. The van der Waals surface area contributed by atoms with Gasteiger partial charge in [-0.1, -0.05) is 0 Å². The number of aryl methyl sites for hydroxylation is 1. The van der Waals surface area contributed by atoms with E-state index in [9.17, 15) is 18.0 Å². The Labute approximate surface area is 168 Å². The van der Waals surface area contributed by atoms with E-state index in [0.717, 1.165) is 0 Å². The van der Waals surface area contributed by atoms with Crippen LogP contribution in [0.4, 0.5) is 0 Å². The van der Waals surface area contributed by atoms with Crippen molar-refractivity contribution >= 4 is 27.0 Å². The van der Waals surface area contributed by atoms with Gasteiger partial charge in [0.2, 0.25) is 15.9 Å². The second kappa shape index (κ2) is 8.59. The Balaban J connectivity index is 1.58. The molecule has 0 spiro atoms. The third-order valence-corrected chi connectivity index (χ3v) is 6.64. The highest BCUT2D eigenvalue weighted by Crippen LogP contribution is 2.10. The Morgan fingerprint density at radius 2 is 1.93 bits per heavy atom. The summed E-state index contributed by atoms with van der Waals surface area (Å²) in [6, 6.07) is 0. The van der Waals surface area contributed by atoms with E-state index in [4.69, 9.17) is 4.74 Å². The predicted molar refractivity (Wildman–Crippen MR) is 106 cm³/mol. The first kappa shape index (κ1) is 21.4. The van der Waals surface area contributed by atoms with Crippen LogP contribution >= 0.6 is 0 Å². The summed E-state index contributed by atoms with van der Waals surface area (Å²) in [7, 11) is -1.73. The molecule has 0 unspecified atom stereocenters. The van der Waals surface area contributed by atoms with E-state index in [1.807, 2.05) is 13.8 Å². The highest BCUT2D eigenvalue weighted by atomic mass is 32.2. The van der Waals surface area contributed by atoms with Crippen molar-refractivity contribution in [2.75, 3.05) is 38.5 Å². The van der Waals surface area contributed by atoms with Crippen molar-refractivity contribution in [2.45, 2.75) is 26.5 Å². The zero-order chi connectivity index (χ0) is 21.2. The highest BCUT2D eigenvalue weighted by molar-refractivity contribution is 7.89. The second-order valence-electron chi connectivity index (χ2n) is 7.20. The summed E-state index contributed by atoms with van der Waals surface area (Å²) in [6.45, 7) is 4.71. The largest absolute Gasteiger partial charge is 0.378 e. The van der Waals surface area contributed by atoms with Crippen LogP contribution in [0.5, 0.6) is 0 Å². The van der Waals surface area contributed by atoms with Crippen LogP contribution in [0.2, 0.25) is 0 Å². The molecule has 1 aliphatic rings. The van der Waals surface area contributed by atoms with Gasteiger partial charge in [-0.25, -0.2) is 13.4 Å². The fourth-order valence-electron chi connectivity index (χ4n) is 3.16. The van der Waals surface area contributed by atoms with Crippen LogP contribution < -0.4 is 5.56 Å². The average molecular weight is 426 g/mol. The summed E-state index contributed by atoms with van der Waals surface area (Å²) >= 11 is 0. The lowest BCUT2D eigenvalue weighted by atomic mass is 10.3. The third-order valence-electron chi connectivity index (χ3n) is 4.80. The number of sulfonamides is 1. The number of rotatable bonds is 7. The fraction of sp³-hybridized carbons (Fsp3) is 0.647. The van der Waals surface area contributed by atoms with E-state index in [0.29, 0.717) is 11.0 Å². The molecule has 1 fully saturated rings. The molecule has 3 rings (SSSR count). The Kier molecular flexibility index (Phi) is 6.34. The standard InChI is InChI=1S/C17H26N6O5S/c1-13(2)28-8-9-29(26,27)23-6-4-21(5-7-23)15(24)11-22-12-18-16-14(17(22)25)10-19-20(16)3/h10,12-13H,4-9,11H2,1-3H3. The molecule has 0 bridgehead atoms. The molecule has 0 aromatic carbocycles. The summed E-state index contributed by atoms with van der Waals surface area (Å²) in [5.41, 5.74) is 0.127. The smallest absolute Gasteiger partial charge is 0.264 e. The summed E-state index contributed by atoms with van der Waals surface area (Å²) in [5, 5.41) is 4.35. The summed E-state index contributed by atoms with van der Waals surface area (Å²) < 4.78 is 34.2. The van der Waals surface area contributed by atoms with Crippen molar-refractivity contribution in [3.63, 3.8) is 0 Å². The van der Waals surface area contributed by atoms with Gasteiger partial charge in [-0.2, -0.15) is 9.40 Å². The number of carbonyl (C=O) groups is 1. The molecule has 0 N–H and O–H groups in total. The first-order chi connectivity index (χ1) is 13.7. The van der Waals surface area contributed by atoms with Gasteiger partial charge < -0.3 is 9.64 Å². The quantitative estimate of drug-likeness (QED) is 0.559. The lowest BCUT2D eigenvalue weighted by Crippen LogP contribution is -2.52. The monoisotopic (exact) mass is 426 g/mol. The molecule has 0 aliphatic carbocycles. The zero-order valence-electron chi connectivity index (χ0n) is 16.8. The Morgan fingerprint density at radius 3 is 2.59 bits per heavy atom. The normalized spacial score (nSPS) is 16.1. The number of nitrogens with zero attached hydrogens (tertiary/aromatic N) is 6. The Morgan fingerprint density at radius 1 is 1.24 bits per heavy atom. The van der Waals surface area contributed by atoms with Gasteiger partial charge in [0, 0.05) is 33.2 Å². The number of piperazine rings is 1. The molecule has 3 heterocycles. The molecular formula is C17H26N6O5S. The van der Waals surface area contributed by atoms with Crippen molar-refractivity contribution in [1.82, 2.24) is 28.5 Å². The van der Waals surface area contributed by atoms with E-state index < -0.39 is 10.0 Å². The first-order valence-corrected chi connectivity index (χ1v) is 11.0. The minimum absolute atomic E-state index is 0.0246. The Hall–Kier alpha value is -2.31. The molecule has 1 aliphatic heterocycles. The molecule has 1 amide bonds. The van der Waals surface area contributed by atoms with Gasteiger partial charge in [0.1, 0.15) is 18.3 Å². The third kappa shape index (κ3) is 4.82. The van der Waals surface area contributed by atoms with E-state index in [1.54, 1.807) is 11.9 Å². The second-order valence-corrected chi connectivity index (χ2v) is 9.29. The van der Waals surface area contributed by atoms with E-state index in [-0.39, 0.29) is 62.7 Å². The molecule has 1 saturated heterocycles. The lowest BCUT2D eigenvalue weighted by molar-refractivity contribution is -0.133. The van der Waals surface area contributed by atoms with Crippen molar-refractivity contribution in [3.05, 3.63) is 22.9 Å². The van der Waals surface area contributed by atoms with Gasteiger partial charge in [0.25, 0.3) is 5.56 Å². The molecule has 0 saturated carbocycles. The maximum Gasteiger partial charge on any atom is 0.264 e. The van der Waals surface area contributed by atoms with Crippen molar-refractivity contribution < 1.29 is 17.9 Å². The minimum Gasteiger partial charge on any atom is -0.378 e. The van der Waals surface area contributed by atoms with Crippen molar-refractivity contribution in [3.8, 4) is 0 Å². The summed E-state index contributed by atoms with van der Waals surface area (Å²) in [6.07, 6.45) is 2.74. The van der Waals surface area contributed by atoms with E-state index in [2.05, 4.69) is 10.1 Å². The predicted octanol–water partition coefficient (Wildman–Crippen LogP) is -0.971. The summed E-state index contributed by atoms with van der Waals surface area (Å²) in [4.78, 5) is 30.8. The number of hydrogen-bond acceptors (Lipinski definition) is 7. The number of aromatic nitrogens is 4. The molecular weight excluding hydrogens is 400 g/mol. The fourth-order valence-corrected chi connectivity index (χ4v) is 4.44. The van der Waals surface area contributed by atoms with Crippen molar-refractivity contribution in [2.24, 2.45) is 7.05 Å². The lowest BCUT2D eigenvalue weighted by Gasteiger charge is -2.34. The molecule has 12 heteroatoms. The van der Waals surface area contributed by atoms with Crippen LogP contribution in [-0.2, 0) is 33.1 Å². The van der Waals surface area contributed by atoms with Crippen molar-refractivity contribution in [1.29, 1.82) is 0 Å². The van der Waals surface area contributed by atoms with Crippen LogP contribution in [0.15, 0.2) is 17.3 Å². The van der Waals surface area contributed by atoms with E-state index in [1.165, 1.54) is 26.1 Å². The van der Waals surface area contributed by atoms with Gasteiger partial charge in [0.15, 0.2) is 5.65 Å². The molecule has 29 heavy (non-hydrogen) atoms. The minimum atomic E-state index is -3.42. The molecule has 2 aromatic heterocycles. The number of carbonyl (C=O) groups excluding carboxylic acids is 1. The van der Waals surface area contributed by atoms with Crippen LogP contribution in [-0.4, -0.2) is 87.5 Å². The number of ether oxygens (including phenoxy) is 1. The topological polar surface area (TPSA) is 120 Å². The Bertz CT molecular complexity index is 1040. The highest BCUT2D eigenvalue weighted by Gasteiger charge is 2.29. The zero-order valence-corrected chi connectivity index (χ0v) is 17.6. The molecule has 0 atom stereocenters. The van der Waals surface area contributed by atoms with Crippen LogP contribution in [0.3, 0.4) is 0 Å². The maximum absolute atomic E-state index is 12.6. The molecule has 11 nitrogen and oxygen atoms in total. The number of fused-ring (bicyclic) bond motifs is 1. The van der Waals surface area contributed by atoms with Gasteiger partial charge in [-0.3, -0.25) is 18.8 Å². The SMILES string of the molecule is CC(C)OCCS(=O)(=O)N1CCN(C(=O)Cn2cnc3c(cnn3C)c2=O)CC1.